The molecule has 1 aromatic rings. The van der Waals surface area contributed by atoms with E-state index in [0.717, 1.165) is 18.0 Å². The Kier molecular flexibility index (Phi) is 3.92. The zero-order chi connectivity index (χ0) is 15.0. The van der Waals surface area contributed by atoms with Crippen molar-refractivity contribution in [3.05, 3.63) is 24.0 Å². The lowest BCUT2D eigenvalue weighted by atomic mass is 10.2. The fourth-order valence-corrected chi connectivity index (χ4v) is 3.43. The molecule has 0 radical (unpaired) electrons. The highest BCUT2D eigenvalue weighted by Gasteiger charge is 2.31. The second kappa shape index (κ2) is 5.21. The molecule has 0 aromatic carbocycles. The lowest BCUT2D eigenvalue weighted by Gasteiger charge is -2.24. The maximum Gasteiger partial charge on any atom is 0.408 e. The summed E-state index contributed by atoms with van der Waals surface area (Å²) in [7, 11) is -3.79. The van der Waals surface area contributed by atoms with Gasteiger partial charge in [0.1, 0.15) is 11.4 Å². The van der Waals surface area contributed by atoms with Gasteiger partial charge < -0.3 is 0 Å². The van der Waals surface area contributed by atoms with E-state index >= 15 is 0 Å². The predicted molar refractivity (Wildman–Crippen MR) is 65.4 cm³/mol. The average Bonchev–Trinajstić information content (AvgIpc) is 2.75. The Morgan fingerprint density at radius 1 is 1.40 bits per heavy atom. The number of halogens is 3. The van der Waals surface area contributed by atoms with E-state index in [2.05, 4.69) is 5.10 Å². The lowest BCUT2D eigenvalue weighted by Crippen LogP contribution is -2.35. The highest BCUT2D eigenvalue weighted by Crippen LogP contribution is 2.22. The number of aromatic nitrogens is 2. The zero-order valence-corrected chi connectivity index (χ0v) is 11.6. The van der Waals surface area contributed by atoms with Crippen molar-refractivity contribution in [3.63, 3.8) is 0 Å². The summed E-state index contributed by atoms with van der Waals surface area (Å²) in [6.07, 6.45) is -0.0243. The molecule has 2 rings (SSSR count). The SMILES string of the molecule is CC1=CCCN(S(=O)(=O)c2cnn(CC(F)(F)F)c2)C1. The van der Waals surface area contributed by atoms with Gasteiger partial charge in [-0.1, -0.05) is 11.6 Å². The Morgan fingerprint density at radius 2 is 2.10 bits per heavy atom. The standard InChI is InChI=1S/C11H14F3N3O2S/c1-9-3-2-4-17(6-9)20(18,19)10-5-15-16(7-10)8-11(12,13)14/h3,5,7H,2,4,6,8H2,1H3. The molecular weight excluding hydrogens is 295 g/mol. The molecule has 0 saturated heterocycles. The first kappa shape index (κ1) is 15.0. The number of sulfonamides is 1. The minimum absolute atomic E-state index is 0.212. The van der Waals surface area contributed by atoms with Gasteiger partial charge in [0.05, 0.1) is 6.20 Å². The molecule has 0 saturated carbocycles. The topological polar surface area (TPSA) is 55.2 Å². The van der Waals surface area contributed by atoms with E-state index in [9.17, 15) is 21.6 Å². The molecule has 1 aliphatic rings. The molecule has 0 unspecified atom stereocenters. The number of hydrogen-bond acceptors (Lipinski definition) is 3. The summed E-state index contributed by atoms with van der Waals surface area (Å²) in [5.74, 6) is 0. The van der Waals surface area contributed by atoms with Crippen molar-refractivity contribution in [2.75, 3.05) is 13.1 Å². The number of rotatable bonds is 3. The van der Waals surface area contributed by atoms with Crippen molar-refractivity contribution in [2.45, 2.75) is 31.0 Å². The molecule has 0 N–H and O–H groups in total. The summed E-state index contributed by atoms with van der Waals surface area (Å²) in [5, 5.41) is 3.46. The van der Waals surface area contributed by atoms with Gasteiger partial charge in [-0.15, -0.1) is 0 Å². The van der Waals surface area contributed by atoms with Gasteiger partial charge in [0.2, 0.25) is 10.0 Å². The largest absolute Gasteiger partial charge is 0.408 e. The van der Waals surface area contributed by atoms with Crippen LogP contribution in [0.4, 0.5) is 13.2 Å². The van der Waals surface area contributed by atoms with Gasteiger partial charge in [-0.25, -0.2) is 8.42 Å². The highest BCUT2D eigenvalue weighted by molar-refractivity contribution is 7.89. The Bertz CT molecular complexity index is 619. The van der Waals surface area contributed by atoms with Crippen LogP contribution in [0.3, 0.4) is 0 Å². The third kappa shape index (κ3) is 3.40. The third-order valence-corrected chi connectivity index (χ3v) is 4.68. The Morgan fingerprint density at radius 3 is 2.70 bits per heavy atom. The van der Waals surface area contributed by atoms with Crippen LogP contribution >= 0.6 is 0 Å². The molecule has 9 heteroatoms. The third-order valence-electron chi connectivity index (χ3n) is 2.89. The van der Waals surface area contributed by atoms with E-state index in [4.69, 9.17) is 0 Å². The van der Waals surface area contributed by atoms with E-state index in [-0.39, 0.29) is 11.4 Å². The van der Waals surface area contributed by atoms with Crippen molar-refractivity contribution in [1.82, 2.24) is 14.1 Å². The van der Waals surface area contributed by atoms with Gasteiger partial charge in [0.25, 0.3) is 0 Å². The van der Waals surface area contributed by atoms with E-state index in [0.29, 0.717) is 17.6 Å². The van der Waals surface area contributed by atoms with Gasteiger partial charge in [0.15, 0.2) is 0 Å². The van der Waals surface area contributed by atoms with Gasteiger partial charge in [-0.05, 0) is 13.3 Å². The molecule has 0 amide bonds. The van der Waals surface area contributed by atoms with Crippen LogP contribution in [0.2, 0.25) is 0 Å². The molecular formula is C11H14F3N3O2S. The highest BCUT2D eigenvalue weighted by atomic mass is 32.2. The molecule has 0 bridgehead atoms. The molecule has 2 heterocycles. The first-order chi connectivity index (χ1) is 9.18. The van der Waals surface area contributed by atoms with Crippen LogP contribution in [0.15, 0.2) is 28.9 Å². The predicted octanol–water partition coefficient (Wildman–Crippen LogP) is 1.79. The smallest absolute Gasteiger partial charge is 0.262 e. The van der Waals surface area contributed by atoms with Crippen molar-refractivity contribution < 1.29 is 21.6 Å². The fraction of sp³-hybridized carbons (Fsp3) is 0.545. The molecule has 1 aromatic heterocycles. The molecule has 0 aliphatic carbocycles. The molecule has 0 atom stereocenters. The van der Waals surface area contributed by atoms with Gasteiger partial charge in [0, 0.05) is 19.3 Å². The fourth-order valence-electron chi connectivity index (χ4n) is 1.98. The van der Waals surface area contributed by atoms with Gasteiger partial charge >= 0.3 is 6.18 Å². The second-order valence-electron chi connectivity index (χ2n) is 4.67. The Labute approximate surface area is 114 Å². The summed E-state index contributed by atoms with van der Waals surface area (Å²) in [6.45, 7) is 1.09. The maximum absolute atomic E-state index is 12.3. The van der Waals surface area contributed by atoms with Crippen molar-refractivity contribution in [1.29, 1.82) is 0 Å². The van der Waals surface area contributed by atoms with Crippen LogP contribution in [0, 0.1) is 0 Å². The van der Waals surface area contributed by atoms with Crippen LogP contribution in [-0.4, -0.2) is 41.8 Å². The van der Waals surface area contributed by atoms with Crippen molar-refractivity contribution >= 4 is 10.0 Å². The first-order valence-electron chi connectivity index (χ1n) is 5.93. The lowest BCUT2D eigenvalue weighted by molar-refractivity contribution is -0.142. The molecule has 20 heavy (non-hydrogen) atoms. The van der Waals surface area contributed by atoms with Gasteiger partial charge in [-0.2, -0.15) is 22.6 Å². The van der Waals surface area contributed by atoms with Crippen LogP contribution in [0.5, 0.6) is 0 Å². The van der Waals surface area contributed by atoms with Crippen molar-refractivity contribution in [3.8, 4) is 0 Å². The maximum atomic E-state index is 12.3. The minimum Gasteiger partial charge on any atom is -0.262 e. The second-order valence-corrected chi connectivity index (χ2v) is 6.60. The summed E-state index contributed by atoms with van der Waals surface area (Å²) >= 11 is 0. The molecule has 1 aliphatic heterocycles. The zero-order valence-electron chi connectivity index (χ0n) is 10.8. The van der Waals surface area contributed by atoms with E-state index in [1.807, 2.05) is 13.0 Å². The van der Waals surface area contributed by atoms with E-state index in [1.165, 1.54) is 4.31 Å². The van der Waals surface area contributed by atoms with E-state index in [1.54, 1.807) is 0 Å². The number of nitrogens with zero attached hydrogens (tertiary/aromatic N) is 3. The summed E-state index contributed by atoms with van der Waals surface area (Å²) < 4.78 is 63.1. The molecule has 5 nitrogen and oxygen atoms in total. The van der Waals surface area contributed by atoms with Crippen LogP contribution in [0.1, 0.15) is 13.3 Å². The van der Waals surface area contributed by atoms with Crippen LogP contribution in [0.25, 0.3) is 0 Å². The Balaban J connectivity index is 2.20. The van der Waals surface area contributed by atoms with Gasteiger partial charge in [-0.3, -0.25) is 4.68 Å². The number of hydrogen-bond donors (Lipinski definition) is 0. The minimum atomic E-state index is -4.43. The summed E-state index contributed by atoms with van der Waals surface area (Å²) in [6, 6.07) is 0. The first-order valence-corrected chi connectivity index (χ1v) is 7.37. The molecule has 0 fully saturated rings. The summed E-state index contributed by atoms with van der Waals surface area (Å²) in [5.41, 5.74) is 0.919. The average molecular weight is 309 g/mol. The molecule has 0 spiro atoms. The quantitative estimate of drug-likeness (QED) is 0.800. The monoisotopic (exact) mass is 309 g/mol. The van der Waals surface area contributed by atoms with Crippen molar-refractivity contribution in [2.24, 2.45) is 0 Å². The molecule has 112 valence electrons. The number of alkyl halides is 3. The van der Waals surface area contributed by atoms with E-state index < -0.39 is 22.7 Å². The van der Waals surface area contributed by atoms with Crippen LogP contribution < -0.4 is 0 Å². The Hall–Kier alpha value is -1.35. The normalized spacial score (nSPS) is 18.1. The van der Waals surface area contributed by atoms with Crippen LogP contribution in [-0.2, 0) is 16.6 Å². The summed E-state index contributed by atoms with van der Waals surface area (Å²) in [4.78, 5) is -0.212.